The number of carbonyl (C=O) groups is 2. The number of amides is 3. The van der Waals surface area contributed by atoms with Crippen molar-refractivity contribution < 1.29 is 14.3 Å². The molecule has 1 aliphatic heterocycles. The summed E-state index contributed by atoms with van der Waals surface area (Å²) < 4.78 is 4.94. The number of benzene rings is 1. The summed E-state index contributed by atoms with van der Waals surface area (Å²) in [4.78, 5) is 25.4. The number of carbonyl (C=O) groups excluding carboxylic acids is 2. The maximum atomic E-state index is 12.2. The molecular formula is C17H23N3O3. The minimum Gasteiger partial charge on any atom is -0.447 e. The largest absolute Gasteiger partial charge is 0.447 e. The van der Waals surface area contributed by atoms with Gasteiger partial charge in [-0.05, 0) is 37.0 Å². The molecule has 1 heterocycles. The van der Waals surface area contributed by atoms with Gasteiger partial charge in [-0.1, -0.05) is 25.8 Å². The van der Waals surface area contributed by atoms with Crippen LogP contribution in [-0.2, 0) is 4.74 Å². The Morgan fingerprint density at radius 1 is 1.30 bits per heavy atom. The predicted octanol–water partition coefficient (Wildman–Crippen LogP) is 3.34. The van der Waals surface area contributed by atoms with Gasteiger partial charge in [-0.3, -0.25) is 4.90 Å². The monoisotopic (exact) mass is 317 g/mol. The second-order valence-corrected chi connectivity index (χ2v) is 6.28. The predicted molar refractivity (Wildman–Crippen MR) is 88.7 cm³/mol. The summed E-state index contributed by atoms with van der Waals surface area (Å²) in [6, 6.07) is 7.30. The molecule has 2 fully saturated rings. The van der Waals surface area contributed by atoms with Crippen LogP contribution in [0.15, 0.2) is 24.3 Å². The van der Waals surface area contributed by atoms with E-state index in [1.54, 1.807) is 11.0 Å². The summed E-state index contributed by atoms with van der Waals surface area (Å²) in [5.41, 5.74) is 1.40. The van der Waals surface area contributed by atoms with E-state index in [1.165, 1.54) is 12.8 Å². The van der Waals surface area contributed by atoms with Gasteiger partial charge in [0.2, 0.25) is 0 Å². The van der Waals surface area contributed by atoms with Crippen molar-refractivity contribution >= 4 is 23.5 Å². The van der Waals surface area contributed by atoms with Crippen LogP contribution in [0, 0.1) is 5.92 Å². The highest BCUT2D eigenvalue weighted by Gasteiger charge is 2.24. The molecule has 2 atom stereocenters. The standard InChI is InChI=1S/C17H23N3O3/c1-12-5-2-3-8-15(12)19-16(21)18-13-6-4-7-14(11-13)20-9-10-23-17(20)22/h4,6-7,11-12,15H,2-3,5,8-10H2,1H3,(H2,18,19,21). The molecule has 0 bridgehead atoms. The Hall–Kier alpha value is -2.24. The highest BCUT2D eigenvalue weighted by Crippen LogP contribution is 2.25. The summed E-state index contributed by atoms with van der Waals surface area (Å²) in [5.74, 6) is 0.514. The molecule has 1 aromatic carbocycles. The lowest BCUT2D eigenvalue weighted by molar-refractivity contribution is 0.181. The summed E-state index contributed by atoms with van der Waals surface area (Å²) in [6.45, 7) is 3.12. The van der Waals surface area contributed by atoms with E-state index in [9.17, 15) is 9.59 Å². The number of ether oxygens (including phenoxy) is 1. The van der Waals surface area contributed by atoms with Crippen molar-refractivity contribution in [2.24, 2.45) is 5.92 Å². The molecule has 6 heteroatoms. The zero-order valence-electron chi connectivity index (χ0n) is 13.4. The van der Waals surface area contributed by atoms with E-state index in [2.05, 4.69) is 17.6 Å². The molecule has 2 unspecified atom stereocenters. The smallest absolute Gasteiger partial charge is 0.414 e. The van der Waals surface area contributed by atoms with Crippen LogP contribution in [0.1, 0.15) is 32.6 Å². The third-order valence-corrected chi connectivity index (χ3v) is 4.60. The van der Waals surface area contributed by atoms with Crippen LogP contribution in [0.25, 0.3) is 0 Å². The van der Waals surface area contributed by atoms with Crippen LogP contribution in [0.3, 0.4) is 0 Å². The maximum absolute atomic E-state index is 12.2. The number of cyclic esters (lactones) is 1. The fourth-order valence-electron chi connectivity index (χ4n) is 3.25. The van der Waals surface area contributed by atoms with Gasteiger partial charge in [0, 0.05) is 17.4 Å². The van der Waals surface area contributed by atoms with E-state index in [0.717, 1.165) is 18.5 Å². The van der Waals surface area contributed by atoms with Crippen LogP contribution in [0.4, 0.5) is 21.0 Å². The third-order valence-electron chi connectivity index (χ3n) is 4.60. The molecule has 1 aromatic rings. The first-order valence-corrected chi connectivity index (χ1v) is 8.25. The van der Waals surface area contributed by atoms with Crippen molar-refractivity contribution in [2.45, 2.75) is 38.6 Å². The van der Waals surface area contributed by atoms with Gasteiger partial charge < -0.3 is 15.4 Å². The van der Waals surface area contributed by atoms with Gasteiger partial charge in [-0.25, -0.2) is 9.59 Å². The van der Waals surface area contributed by atoms with Gasteiger partial charge >= 0.3 is 12.1 Å². The molecular weight excluding hydrogens is 294 g/mol. The summed E-state index contributed by atoms with van der Waals surface area (Å²) in [5, 5.41) is 5.92. The van der Waals surface area contributed by atoms with Gasteiger partial charge in [0.25, 0.3) is 0 Å². The average Bonchev–Trinajstić information content (AvgIpc) is 2.96. The zero-order valence-corrected chi connectivity index (χ0v) is 13.4. The molecule has 0 spiro atoms. The molecule has 0 aromatic heterocycles. The van der Waals surface area contributed by atoms with Crippen molar-refractivity contribution in [2.75, 3.05) is 23.4 Å². The van der Waals surface area contributed by atoms with Crippen molar-refractivity contribution in [3.8, 4) is 0 Å². The SMILES string of the molecule is CC1CCCCC1NC(=O)Nc1cccc(N2CCOC2=O)c1. The van der Waals surface area contributed by atoms with E-state index in [1.807, 2.05) is 18.2 Å². The van der Waals surface area contributed by atoms with Crippen molar-refractivity contribution in [1.82, 2.24) is 5.32 Å². The Labute approximate surface area is 136 Å². The van der Waals surface area contributed by atoms with E-state index in [0.29, 0.717) is 24.8 Å². The molecule has 124 valence electrons. The Bertz CT molecular complexity index is 590. The summed E-state index contributed by atoms with van der Waals surface area (Å²) in [6.07, 6.45) is 4.27. The summed E-state index contributed by atoms with van der Waals surface area (Å²) in [7, 11) is 0. The number of urea groups is 1. The molecule has 3 rings (SSSR count). The zero-order chi connectivity index (χ0) is 16.2. The quantitative estimate of drug-likeness (QED) is 0.898. The Morgan fingerprint density at radius 2 is 2.13 bits per heavy atom. The molecule has 2 aliphatic rings. The van der Waals surface area contributed by atoms with Gasteiger partial charge in [-0.15, -0.1) is 0 Å². The highest BCUT2D eigenvalue weighted by molar-refractivity contribution is 5.93. The van der Waals surface area contributed by atoms with Gasteiger partial charge in [-0.2, -0.15) is 0 Å². The Balaban J connectivity index is 1.61. The van der Waals surface area contributed by atoms with Crippen molar-refractivity contribution in [3.63, 3.8) is 0 Å². The van der Waals surface area contributed by atoms with Gasteiger partial charge in [0.05, 0.1) is 6.54 Å². The van der Waals surface area contributed by atoms with Crippen LogP contribution >= 0.6 is 0 Å². The molecule has 23 heavy (non-hydrogen) atoms. The molecule has 1 aliphatic carbocycles. The highest BCUT2D eigenvalue weighted by atomic mass is 16.6. The lowest BCUT2D eigenvalue weighted by Gasteiger charge is -2.29. The molecule has 1 saturated heterocycles. The molecule has 2 N–H and O–H groups in total. The van der Waals surface area contributed by atoms with E-state index < -0.39 is 0 Å². The minimum absolute atomic E-state index is 0.190. The van der Waals surface area contributed by atoms with E-state index in [-0.39, 0.29) is 18.2 Å². The number of nitrogens with one attached hydrogen (secondary N) is 2. The third kappa shape index (κ3) is 3.75. The van der Waals surface area contributed by atoms with Crippen molar-refractivity contribution in [3.05, 3.63) is 24.3 Å². The topological polar surface area (TPSA) is 70.7 Å². The first-order valence-electron chi connectivity index (χ1n) is 8.25. The minimum atomic E-state index is -0.345. The maximum Gasteiger partial charge on any atom is 0.414 e. The van der Waals surface area contributed by atoms with Crippen molar-refractivity contribution in [1.29, 1.82) is 0 Å². The molecule has 3 amide bonds. The van der Waals surface area contributed by atoms with Crippen LogP contribution in [-0.4, -0.2) is 31.3 Å². The first-order chi connectivity index (χ1) is 11.1. The van der Waals surface area contributed by atoms with E-state index in [4.69, 9.17) is 4.74 Å². The molecule has 0 radical (unpaired) electrons. The van der Waals surface area contributed by atoms with Gasteiger partial charge in [0.15, 0.2) is 0 Å². The lowest BCUT2D eigenvalue weighted by Crippen LogP contribution is -2.43. The second kappa shape index (κ2) is 6.89. The summed E-state index contributed by atoms with van der Waals surface area (Å²) >= 11 is 0. The molecule has 1 saturated carbocycles. The second-order valence-electron chi connectivity index (χ2n) is 6.28. The number of anilines is 2. The Morgan fingerprint density at radius 3 is 2.87 bits per heavy atom. The fourth-order valence-corrected chi connectivity index (χ4v) is 3.25. The normalized spacial score (nSPS) is 24.2. The van der Waals surface area contributed by atoms with Crippen LogP contribution < -0.4 is 15.5 Å². The number of nitrogens with zero attached hydrogens (tertiary/aromatic N) is 1. The van der Waals surface area contributed by atoms with Crippen LogP contribution in [0.2, 0.25) is 0 Å². The number of rotatable bonds is 3. The van der Waals surface area contributed by atoms with Crippen LogP contribution in [0.5, 0.6) is 0 Å². The fraction of sp³-hybridized carbons (Fsp3) is 0.529. The van der Waals surface area contributed by atoms with Gasteiger partial charge in [0.1, 0.15) is 6.61 Å². The average molecular weight is 317 g/mol. The first kappa shape index (κ1) is 15.6. The Kier molecular flexibility index (Phi) is 4.69. The molecule has 6 nitrogen and oxygen atoms in total. The number of hydrogen-bond acceptors (Lipinski definition) is 3. The van der Waals surface area contributed by atoms with E-state index >= 15 is 0 Å². The number of hydrogen-bond donors (Lipinski definition) is 2. The lowest BCUT2D eigenvalue weighted by atomic mass is 9.86.